The number of phenolic OH excluding ortho intramolecular Hbond substituents is 1. The molecule has 16 heavy (non-hydrogen) atoms. The fourth-order valence-electron chi connectivity index (χ4n) is 1.02. The van der Waals surface area contributed by atoms with Crippen molar-refractivity contribution in [2.24, 2.45) is 5.73 Å². The first-order chi connectivity index (χ1) is 6.75. The third-order valence-electron chi connectivity index (χ3n) is 1.78. The van der Waals surface area contributed by atoms with Crippen LogP contribution in [0.5, 0.6) is 5.75 Å². The van der Waals surface area contributed by atoms with Gasteiger partial charge in [0.25, 0.3) is 0 Å². The minimum atomic E-state index is -4.81. The molecule has 1 aromatic rings. The van der Waals surface area contributed by atoms with Gasteiger partial charge in [0.15, 0.2) is 0 Å². The van der Waals surface area contributed by atoms with Crippen LogP contribution in [0.2, 0.25) is 0 Å². The Kier molecular flexibility index (Phi) is 5.03. The van der Waals surface area contributed by atoms with Gasteiger partial charge in [0, 0.05) is 0 Å². The van der Waals surface area contributed by atoms with E-state index in [1.807, 2.05) is 0 Å². The predicted octanol–water partition coefficient (Wildman–Crippen LogP) is 3.28. The van der Waals surface area contributed by atoms with Crippen molar-refractivity contribution in [1.29, 1.82) is 0 Å². The SMILES string of the molecule is Cl.N[C@@H](c1c(F)ccc(Br)c1O)C(F)(F)F. The van der Waals surface area contributed by atoms with Gasteiger partial charge < -0.3 is 10.8 Å². The lowest BCUT2D eigenvalue weighted by Gasteiger charge is -2.18. The Hall–Kier alpha value is -0.530. The number of rotatable bonds is 1. The molecule has 0 amide bonds. The highest BCUT2D eigenvalue weighted by molar-refractivity contribution is 9.10. The molecule has 8 heteroatoms. The van der Waals surface area contributed by atoms with Crippen LogP contribution in [0.4, 0.5) is 17.6 Å². The maximum Gasteiger partial charge on any atom is 0.407 e. The molecule has 1 aromatic carbocycles. The van der Waals surface area contributed by atoms with Gasteiger partial charge in [0.2, 0.25) is 0 Å². The number of phenols is 1. The maximum absolute atomic E-state index is 13.1. The van der Waals surface area contributed by atoms with Gasteiger partial charge in [-0.15, -0.1) is 12.4 Å². The smallest absolute Gasteiger partial charge is 0.407 e. The average molecular weight is 324 g/mol. The monoisotopic (exact) mass is 323 g/mol. The summed E-state index contributed by atoms with van der Waals surface area (Å²) in [6.07, 6.45) is -4.81. The molecule has 0 aromatic heterocycles. The first-order valence-corrected chi connectivity index (χ1v) is 4.53. The normalized spacial score (nSPS) is 13.1. The van der Waals surface area contributed by atoms with Gasteiger partial charge in [0.05, 0.1) is 10.0 Å². The van der Waals surface area contributed by atoms with Crippen molar-refractivity contribution in [3.63, 3.8) is 0 Å². The molecule has 0 aliphatic carbocycles. The fraction of sp³-hybridized carbons (Fsp3) is 0.250. The Bertz CT molecular complexity index is 385. The van der Waals surface area contributed by atoms with Crippen LogP contribution in [-0.4, -0.2) is 11.3 Å². The highest BCUT2D eigenvalue weighted by atomic mass is 79.9. The third kappa shape index (κ3) is 2.99. The first kappa shape index (κ1) is 15.5. The molecular formula is C8H7BrClF4NO. The summed E-state index contributed by atoms with van der Waals surface area (Å²) in [7, 11) is 0. The van der Waals surface area contributed by atoms with Gasteiger partial charge in [-0.05, 0) is 28.1 Å². The van der Waals surface area contributed by atoms with Crippen molar-refractivity contribution in [3.05, 3.63) is 28.0 Å². The van der Waals surface area contributed by atoms with Gasteiger partial charge in [-0.3, -0.25) is 0 Å². The van der Waals surface area contributed by atoms with Gasteiger partial charge in [-0.1, -0.05) is 0 Å². The van der Waals surface area contributed by atoms with Crippen LogP contribution in [-0.2, 0) is 0 Å². The Morgan fingerprint density at radius 2 is 1.81 bits per heavy atom. The number of benzene rings is 1. The summed E-state index contributed by atoms with van der Waals surface area (Å²) in [5, 5.41) is 9.25. The van der Waals surface area contributed by atoms with E-state index in [0.717, 1.165) is 12.1 Å². The highest BCUT2D eigenvalue weighted by Gasteiger charge is 2.41. The second kappa shape index (κ2) is 5.20. The Labute approximate surface area is 103 Å². The number of hydrogen-bond acceptors (Lipinski definition) is 2. The van der Waals surface area contributed by atoms with Crippen molar-refractivity contribution in [2.75, 3.05) is 0 Å². The molecule has 3 N–H and O–H groups in total. The molecule has 0 fully saturated rings. The van der Waals surface area contributed by atoms with Crippen LogP contribution < -0.4 is 5.73 Å². The minimum Gasteiger partial charge on any atom is -0.506 e. The van der Waals surface area contributed by atoms with Crippen LogP contribution in [0.1, 0.15) is 11.6 Å². The fourth-order valence-corrected chi connectivity index (χ4v) is 1.36. The topological polar surface area (TPSA) is 46.2 Å². The zero-order chi connectivity index (χ0) is 11.8. The van der Waals surface area contributed by atoms with E-state index in [-0.39, 0.29) is 16.9 Å². The van der Waals surface area contributed by atoms with Gasteiger partial charge in [-0.2, -0.15) is 13.2 Å². The molecule has 92 valence electrons. The van der Waals surface area contributed by atoms with E-state index < -0.39 is 29.3 Å². The van der Waals surface area contributed by atoms with E-state index in [1.165, 1.54) is 0 Å². The molecule has 0 unspecified atom stereocenters. The summed E-state index contributed by atoms with van der Waals surface area (Å²) < 4.78 is 49.6. The second-order valence-corrected chi connectivity index (χ2v) is 3.67. The predicted molar refractivity (Wildman–Crippen MR) is 56.0 cm³/mol. The van der Waals surface area contributed by atoms with E-state index in [0.29, 0.717) is 0 Å². The molecule has 0 heterocycles. The van der Waals surface area contributed by atoms with Crippen molar-refractivity contribution < 1.29 is 22.7 Å². The molecule has 0 radical (unpaired) electrons. The van der Waals surface area contributed by atoms with E-state index in [2.05, 4.69) is 15.9 Å². The molecule has 0 saturated heterocycles. The molecule has 1 atom stereocenters. The minimum absolute atomic E-state index is 0. The largest absolute Gasteiger partial charge is 0.506 e. The zero-order valence-electron chi connectivity index (χ0n) is 7.55. The maximum atomic E-state index is 13.1. The van der Waals surface area contributed by atoms with Gasteiger partial charge in [-0.25, -0.2) is 4.39 Å². The lowest BCUT2D eigenvalue weighted by molar-refractivity contribution is -0.150. The molecule has 0 saturated carbocycles. The van der Waals surface area contributed by atoms with Crippen LogP contribution >= 0.6 is 28.3 Å². The molecule has 0 aliphatic rings. The van der Waals surface area contributed by atoms with Crippen molar-refractivity contribution in [2.45, 2.75) is 12.2 Å². The molecule has 0 spiro atoms. The average Bonchev–Trinajstić information content (AvgIpc) is 2.10. The Balaban J connectivity index is 0.00000225. The summed E-state index contributed by atoms with van der Waals surface area (Å²) in [4.78, 5) is 0. The number of hydrogen-bond donors (Lipinski definition) is 2. The lowest BCUT2D eigenvalue weighted by atomic mass is 10.1. The second-order valence-electron chi connectivity index (χ2n) is 2.81. The number of alkyl halides is 3. The van der Waals surface area contributed by atoms with Crippen LogP contribution in [0.15, 0.2) is 16.6 Å². The van der Waals surface area contributed by atoms with Crippen LogP contribution in [0.25, 0.3) is 0 Å². The molecular weight excluding hydrogens is 317 g/mol. The first-order valence-electron chi connectivity index (χ1n) is 3.74. The van der Waals surface area contributed by atoms with Crippen LogP contribution in [0.3, 0.4) is 0 Å². The number of nitrogens with two attached hydrogens (primary N) is 1. The summed E-state index contributed by atoms with van der Waals surface area (Å²) in [6, 6.07) is -0.655. The Morgan fingerprint density at radius 3 is 2.25 bits per heavy atom. The van der Waals surface area contributed by atoms with E-state index in [1.54, 1.807) is 0 Å². The summed E-state index contributed by atoms with van der Waals surface area (Å²) >= 11 is 2.78. The number of halogens is 6. The van der Waals surface area contributed by atoms with E-state index in [9.17, 15) is 22.7 Å². The summed E-state index contributed by atoms with van der Waals surface area (Å²) in [6.45, 7) is 0. The van der Waals surface area contributed by atoms with Crippen molar-refractivity contribution >= 4 is 28.3 Å². The quantitative estimate of drug-likeness (QED) is 0.779. The van der Waals surface area contributed by atoms with Gasteiger partial charge in [0.1, 0.15) is 17.6 Å². The van der Waals surface area contributed by atoms with E-state index >= 15 is 0 Å². The highest BCUT2D eigenvalue weighted by Crippen LogP contribution is 2.39. The van der Waals surface area contributed by atoms with E-state index in [4.69, 9.17) is 5.73 Å². The molecule has 0 bridgehead atoms. The molecule has 0 aliphatic heterocycles. The van der Waals surface area contributed by atoms with Crippen LogP contribution in [0, 0.1) is 5.82 Å². The zero-order valence-corrected chi connectivity index (χ0v) is 9.96. The third-order valence-corrected chi connectivity index (χ3v) is 2.42. The standard InChI is InChI=1S/C8H6BrF4NO.ClH/c9-3-1-2-4(10)5(6(3)15)7(14)8(11,12)13;/h1-2,7,15H,14H2;1H/t7-;/m0./s1. The summed E-state index contributed by atoms with van der Waals surface area (Å²) in [5.74, 6) is -2.03. The lowest BCUT2D eigenvalue weighted by Crippen LogP contribution is -2.29. The van der Waals surface area contributed by atoms with Crippen molar-refractivity contribution in [3.8, 4) is 5.75 Å². The summed E-state index contributed by atoms with van der Waals surface area (Å²) in [5.41, 5.74) is 3.84. The van der Waals surface area contributed by atoms with Crippen molar-refractivity contribution in [1.82, 2.24) is 0 Å². The Morgan fingerprint density at radius 1 is 1.31 bits per heavy atom. The molecule has 1 rings (SSSR count). The number of aromatic hydroxyl groups is 1. The molecule has 2 nitrogen and oxygen atoms in total. The van der Waals surface area contributed by atoms with Gasteiger partial charge >= 0.3 is 6.18 Å².